The van der Waals surface area contributed by atoms with Crippen LogP contribution in [0.4, 0.5) is 4.39 Å². The highest BCUT2D eigenvalue weighted by Crippen LogP contribution is 2.31. The van der Waals surface area contributed by atoms with Crippen molar-refractivity contribution in [3.8, 4) is 5.75 Å². The van der Waals surface area contributed by atoms with Crippen LogP contribution in [0, 0.1) is 5.82 Å². The van der Waals surface area contributed by atoms with Crippen molar-refractivity contribution in [2.75, 3.05) is 13.7 Å². The fraction of sp³-hybridized carbons (Fsp3) is 0.455. The Kier molecular flexibility index (Phi) is 4.36. The normalized spacial score (nSPS) is 12.6. The molecule has 0 aromatic heterocycles. The van der Waals surface area contributed by atoms with Gasteiger partial charge in [0.15, 0.2) is 0 Å². The Bertz CT molecular complexity index is 344. The van der Waals surface area contributed by atoms with Crippen LogP contribution < -0.4 is 10.5 Å². The third-order valence-corrected chi connectivity index (χ3v) is 2.70. The molecular formula is C11H15ClFNO. The highest BCUT2D eigenvalue weighted by Gasteiger charge is 2.14. The lowest BCUT2D eigenvalue weighted by molar-refractivity contribution is 0.410. The molecule has 1 rings (SSSR count). The lowest BCUT2D eigenvalue weighted by atomic mass is 9.97. The summed E-state index contributed by atoms with van der Waals surface area (Å²) in [6, 6.07) is 2.92. The van der Waals surface area contributed by atoms with E-state index in [1.807, 2.05) is 6.92 Å². The number of ether oxygens (including phenoxy) is 1. The summed E-state index contributed by atoms with van der Waals surface area (Å²) in [6.07, 6.45) is 0.736. The van der Waals surface area contributed by atoms with Gasteiger partial charge in [0.2, 0.25) is 0 Å². The predicted molar refractivity (Wildman–Crippen MR) is 60.0 cm³/mol. The van der Waals surface area contributed by atoms with Crippen molar-refractivity contribution in [1.82, 2.24) is 0 Å². The molecule has 0 saturated heterocycles. The van der Waals surface area contributed by atoms with Gasteiger partial charge in [-0.1, -0.05) is 18.5 Å². The topological polar surface area (TPSA) is 35.2 Å². The standard InChI is InChI=1S/C11H15ClFNO/c1-7(3-4-14)8-5-9(12)11(15-2)6-10(8)13/h5-7H,3-4,14H2,1-2H3. The average Bonchev–Trinajstić information content (AvgIpc) is 2.21. The molecule has 1 unspecified atom stereocenters. The summed E-state index contributed by atoms with van der Waals surface area (Å²) in [4.78, 5) is 0. The second-order valence-electron chi connectivity index (χ2n) is 3.49. The van der Waals surface area contributed by atoms with Crippen molar-refractivity contribution in [2.45, 2.75) is 19.3 Å². The highest BCUT2D eigenvalue weighted by molar-refractivity contribution is 6.32. The Morgan fingerprint density at radius 2 is 2.20 bits per heavy atom. The summed E-state index contributed by atoms with van der Waals surface area (Å²) in [6.45, 7) is 2.46. The Labute approximate surface area is 94.2 Å². The molecular weight excluding hydrogens is 217 g/mol. The van der Waals surface area contributed by atoms with Gasteiger partial charge in [-0.3, -0.25) is 0 Å². The van der Waals surface area contributed by atoms with Gasteiger partial charge in [0.25, 0.3) is 0 Å². The van der Waals surface area contributed by atoms with Gasteiger partial charge in [-0.2, -0.15) is 0 Å². The molecule has 0 aliphatic heterocycles. The van der Waals surface area contributed by atoms with Gasteiger partial charge < -0.3 is 10.5 Å². The Morgan fingerprint density at radius 1 is 1.53 bits per heavy atom. The van der Waals surface area contributed by atoms with Crippen LogP contribution in [-0.4, -0.2) is 13.7 Å². The first kappa shape index (κ1) is 12.3. The molecule has 15 heavy (non-hydrogen) atoms. The molecule has 0 spiro atoms. The maximum atomic E-state index is 13.6. The molecule has 0 heterocycles. The SMILES string of the molecule is COc1cc(F)c(C(C)CCN)cc1Cl. The maximum absolute atomic E-state index is 13.6. The first-order valence-corrected chi connectivity index (χ1v) is 5.21. The van der Waals surface area contributed by atoms with E-state index in [1.54, 1.807) is 6.07 Å². The first-order chi connectivity index (χ1) is 7.10. The van der Waals surface area contributed by atoms with Gasteiger partial charge in [0.05, 0.1) is 12.1 Å². The monoisotopic (exact) mass is 231 g/mol. The lowest BCUT2D eigenvalue weighted by Crippen LogP contribution is -2.06. The Balaban J connectivity index is 3.04. The lowest BCUT2D eigenvalue weighted by Gasteiger charge is -2.13. The molecule has 0 bridgehead atoms. The summed E-state index contributed by atoms with van der Waals surface area (Å²) < 4.78 is 18.5. The van der Waals surface area contributed by atoms with E-state index in [1.165, 1.54) is 13.2 Å². The van der Waals surface area contributed by atoms with Gasteiger partial charge in [-0.15, -0.1) is 0 Å². The third kappa shape index (κ3) is 2.83. The highest BCUT2D eigenvalue weighted by atomic mass is 35.5. The quantitative estimate of drug-likeness (QED) is 0.865. The predicted octanol–water partition coefficient (Wildman–Crippen LogP) is 2.94. The minimum atomic E-state index is -0.294. The summed E-state index contributed by atoms with van der Waals surface area (Å²) >= 11 is 5.92. The molecule has 84 valence electrons. The number of rotatable bonds is 4. The van der Waals surface area contributed by atoms with Gasteiger partial charge in [0.1, 0.15) is 11.6 Å². The largest absolute Gasteiger partial charge is 0.495 e. The van der Waals surface area contributed by atoms with Crippen molar-refractivity contribution < 1.29 is 9.13 Å². The van der Waals surface area contributed by atoms with E-state index >= 15 is 0 Å². The van der Waals surface area contributed by atoms with E-state index in [0.717, 1.165) is 6.42 Å². The van der Waals surface area contributed by atoms with E-state index < -0.39 is 0 Å². The van der Waals surface area contributed by atoms with Gasteiger partial charge in [0, 0.05) is 6.07 Å². The van der Waals surface area contributed by atoms with Crippen LogP contribution in [0.5, 0.6) is 5.75 Å². The van der Waals surface area contributed by atoms with Crippen LogP contribution in [0.3, 0.4) is 0 Å². The van der Waals surface area contributed by atoms with Gasteiger partial charge in [-0.05, 0) is 30.5 Å². The van der Waals surface area contributed by atoms with Crippen molar-refractivity contribution in [1.29, 1.82) is 0 Å². The van der Waals surface area contributed by atoms with Gasteiger partial charge >= 0.3 is 0 Å². The van der Waals surface area contributed by atoms with Crippen molar-refractivity contribution in [3.05, 3.63) is 28.5 Å². The van der Waals surface area contributed by atoms with Gasteiger partial charge in [-0.25, -0.2) is 4.39 Å². The summed E-state index contributed by atoms with van der Waals surface area (Å²) in [5, 5.41) is 0.428. The number of hydrogen-bond acceptors (Lipinski definition) is 2. The summed E-state index contributed by atoms with van der Waals surface area (Å²) in [5.74, 6) is 0.133. The number of nitrogens with two attached hydrogens (primary N) is 1. The van der Waals surface area contributed by atoms with Crippen LogP contribution in [0.15, 0.2) is 12.1 Å². The molecule has 1 aromatic carbocycles. The van der Waals surface area contributed by atoms with E-state index in [9.17, 15) is 4.39 Å². The van der Waals surface area contributed by atoms with E-state index in [2.05, 4.69) is 0 Å². The van der Waals surface area contributed by atoms with Crippen molar-refractivity contribution in [3.63, 3.8) is 0 Å². The second kappa shape index (κ2) is 5.33. The Morgan fingerprint density at radius 3 is 2.73 bits per heavy atom. The molecule has 2 N–H and O–H groups in total. The van der Waals surface area contributed by atoms with Crippen molar-refractivity contribution >= 4 is 11.6 Å². The minimum Gasteiger partial charge on any atom is -0.495 e. The zero-order valence-corrected chi connectivity index (χ0v) is 9.64. The third-order valence-electron chi connectivity index (χ3n) is 2.40. The van der Waals surface area contributed by atoms with E-state index in [0.29, 0.717) is 22.9 Å². The molecule has 0 radical (unpaired) electrons. The van der Waals surface area contributed by atoms with E-state index in [4.69, 9.17) is 22.1 Å². The summed E-state index contributed by atoms with van der Waals surface area (Å²) in [7, 11) is 1.46. The van der Waals surface area contributed by atoms with Crippen LogP contribution in [0.2, 0.25) is 5.02 Å². The number of methoxy groups -OCH3 is 1. The molecule has 1 atom stereocenters. The molecule has 1 aromatic rings. The van der Waals surface area contributed by atoms with Crippen molar-refractivity contribution in [2.24, 2.45) is 5.73 Å². The van der Waals surface area contributed by atoms with Crippen LogP contribution in [0.1, 0.15) is 24.8 Å². The molecule has 4 heteroatoms. The second-order valence-corrected chi connectivity index (χ2v) is 3.89. The fourth-order valence-electron chi connectivity index (χ4n) is 1.48. The van der Waals surface area contributed by atoms with Crippen LogP contribution in [0.25, 0.3) is 0 Å². The smallest absolute Gasteiger partial charge is 0.140 e. The summed E-state index contributed by atoms with van der Waals surface area (Å²) in [5.41, 5.74) is 6.02. The van der Waals surface area contributed by atoms with Crippen LogP contribution >= 0.6 is 11.6 Å². The Hall–Kier alpha value is -0.800. The number of benzene rings is 1. The molecule has 0 amide bonds. The average molecular weight is 232 g/mol. The zero-order valence-electron chi connectivity index (χ0n) is 8.89. The molecule has 0 saturated carbocycles. The molecule has 0 aliphatic rings. The first-order valence-electron chi connectivity index (χ1n) is 4.83. The minimum absolute atomic E-state index is 0.0680. The molecule has 2 nitrogen and oxygen atoms in total. The fourth-order valence-corrected chi connectivity index (χ4v) is 1.73. The molecule has 0 aliphatic carbocycles. The molecule has 0 fully saturated rings. The number of hydrogen-bond donors (Lipinski definition) is 1. The maximum Gasteiger partial charge on any atom is 0.140 e. The number of halogens is 2. The zero-order chi connectivity index (χ0) is 11.4. The van der Waals surface area contributed by atoms with E-state index in [-0.39, 0.29) is 11.7 Å². The van der Waals surface area contributed by atoms with Crippen LogP contribution in [-0.2, 0) is 0 Å².